The third kappa shape index (κ3) is 3.23. The van der Waals surface area contributed by atoms with Crippen LogP contribution in [0.1, 0.15) is 39.5 Å². The molecule has 0 saturated heterocycles. The van der Waals surface area contributed by atoms with Gasteiger partial charge in [-0.2, -0.15) is 0 Å². The summed E-state index contributed by atoms with van der Waals surface area (Å²) in [6, 6.07) is 0.505. The second kappa shape index (κ2) is 5.69. The molecule has 3 heteroatoms. The molecule has 1 aliphatic rings. The summed E-state index contributed by atoms with van der Waals surface area (Å²) in [7, 11) is 0. The number of aliphatic hydroxyl groups excluding tert-OH is 2. The van der Waals surface area contributed by atoms with Crippen LogP contribution in [0.25, 0.3) is 0 Å². The number of nitrogens with one attached hydrogen (secondary N) is 1. The van der Waals surface area contributed by atoms with Crippen LogP contribution in [0, 0.1) is 5.92 Å². The van der Waals surface area contributed by atoms with E-state index in [4.69, 9.17) is 5.11 Å². The Balaban J connectivity index is 2.34. The lowest BCUT2D eigenvalue weighted by Gasteiger charge is -2.32. The molecular weight excluding hydrogens is 178 g/mol. The third-order valence-corrected chi connectivity index (χ3v) is 3.35. The first kappa shape index (κ1) is 12.0. The Morgan fingerprint density at radius 1 is 1.29 bits per heavy atom. The van der Waals surface area contributed by atoms with Crippen molar-refractivity contribution in [3.63, 3.8) is 0 Å². The number of aliphatic hydroxyl groups is 2. The van der Waals surface area contributed by atoms with Crippen LogP contribution in [0.4, 0.5) is 0 Å². The predicted molar refractivity (Wildman–Crippen MR) is 57.1 cm³/mol. The summed E-state index contributed by atoms with van der Waals surface area (Å²) in [6.45, 7) is 4.30. The predicted octanol–water partition coefficient (Wildman–Crippen LogP) is 0.896. The van der Waals surface area contributed by atoms with Crippen LogP contribution < -0.4 is 5.32 Å². The Labute approximate surface area is 86.5 Å². The summed E-state index contributed by atoms with van der Waals surface area (Å²) >= 11 is 0. The normalized spacial score (nSPS) is 32.6. The van der Waals surface area contributed by atoms with Gasteiger partial charge in [0.1, 0.15) is 0 Å². The molecule has 1 saturated carbocycles. The van der Waals surface area contributed by atoms with E-state index in [-0.39, 0.29) is 30.7 Å². The zero-order valence-electron chi connectivity index (χ0n) is 9.24. The molecule has 4 unspecified atom stereocenters. The Morgan fingerprint density at radius 2 is 1.93 bits per heavy atom. The Kier molecular flexibility index (Phi) is 4.85. The van der Waals surface area contributed by atoms with Gasteiger partial charge in [0.2, 0.25) is 0 Å². The molecule has 0 bridgehead atoms. The fourth-order valence-electron chi connectivity index (χ4n) is 1.97. The van der Waals surface area contributed by atoms with Gasteiger partial charge in [-0.05, 0) is 25.7 Å². The zero-order chi connectivity index (χ0) is 10.6. The Morgan fingerprint density at radius 3 is 2.50 bits per heavy atom. The van der Waals surface area contributed by atoms with E-state index in [1.807, 2.05) is 6.92 Å². The first-order valence-electron chi connectivity index (χ1n) is 5.70. The van der Waals surface area contributed by atoms with E-state index in [0.717, 1.165) is 19.3 Å². The molecule has 0 aromatic heterocycles. The number of rotatable bonds is 4. The Hall–Kier alpha value is -0.120. The molecule has 4 atom stereocenters. The maximum atomic E-state index is 9.75. The first-order chi connectivity index (χ1) is 6.65. The van der Waals surface area contributed by atoms with E-state index in [2.05, 4.69) is 12.2 Å². The van der Waals surface area contributed by atoms with Crippen molar-refractivity contribution < 1.29 is 10.2 Å². The quantitative estimate of drug-likeness (QED) is 0.633. The lowest BCUT2D eigenvalue weighted by atomic mass is 9.91. The average molecular weight is 201 g/mol. The summed E-state index contributed by atoms with van der Waals surface area (Å²) in [6.07, 6.45) is 4.12. The van der Waals surface area contributed by atoms with Crippen molar-refractivity contribution in [1.29, 1.82) is 0 Å². The number of hydrogen-bond donors (Lipinski definition) is 3. The largest absolute Gasteiger partial charge is 0.396 e. The second-order valence-electron chi connectivity index (χ2n) is 4.57. The van der Waals surface area contributed by atoms with Crippen LogP contribution >= 0.6 is 0 Å². The number of hydrogen-bond acceptors (Lipinski definition) is 3. The highest BCUT2D eigenvalue weighted by Crippen LogP contribution is 2.19. The van der Waals surface area contributed by atoms with Gasteiger partial charge in [0.25, 0.3) is 0 Å². The van der Waals surface area contributed by atoms with Gasteiger partial charge in [-0.15, -0.1) is 0 Å². The minimum Gasteiger partial charge on any atom is -0.396 e. The van der Waals surface area contributed by atoms with Gasteiger partial charge >= 0.3 is 0 Å². The minimum atomic E-state index is -0.197. The van der Waals surface area contributed by atoms with Crippen molar-refractivity contribution in [2.75, 3.05) is 6.61 Å². The van der Waals surface area contributed by atoms with E-state index in [0.29, 0.717) is 0 Å². The summed E-state index contributed by atoms with van der Waals surface area (Å²) in [5.74, 6) is 0.254. The van der Waals surface area contributed by atoms with Crippen molar-refractivity contribution in [3.8, 4) is 0 Å². The van der Waals surface area contributed by atoms with Crippen LogP contribution in [0.15, 0.2) is 0 Å². The maximum absolute atomic E-state index is 9.75. The minimum absolute atomic E-state index is 0.197. The molecule has 0 aliphatic heterocycles. The smallest absolute Gasteiger partial charge is 0.0693 e. The molecule has 84 valence electrons. The molecule has 3 nitrogen and oxygen atoms in total. The topological polar surface area (TPSA) is 52.5 Å². The van der Waals surface area contributed by atoms with Gasteiger partial charge < -0.3 is 15.5 Å². The summed E-state index contributed by atoms with van der Waals surface area (Å²) in [4.78, 5) is 0. The van der Waals surface area contributed by atoms with E-state index in [9.17, 15) is 5.11 Å². The lowest BCUT2D eigenvalue weighted by Crippen LogP contribution is -2.48. The molecule has 0 aromatic rings. The van der Waals surface area contributed by atoms with Crippen LogP contribution in [0.5, 0.6) is 0 Å². The molecule has 1 fully saturated rings. The molecule has 0 heterocycles. The van der Waals surface area contributed by atoms with E-state index < -0.39 is 0 Å². The highest BCUT2D eigenvalue weighted by molar-refractivity contribution is 4.83. The summed E-state index contributed by atoms with van der Waals surface area (Å²) < 4.78 is 0. The van der Waals surface area contributed by atoms with Crippen LogP contribution in [0.3, 0.4) is 0 Å². The lowest BCUT2D eigenvalue weighted by molar-refractivity contribution is 0.0777. The van der Waals surface area contributed by atoms with Gasteiger partial charge in [0.05, 0.1) is 6.10 Å². The first-order valence-corrected chi connectivity index (χ1v) is 5.70. The van der Waals surface area contributed by atoms with E-state index in [1.165, 1.54) is 6.42 Å². The standard InChI is InChI=1S/C11H23NO2/c1-8(7-13)9(2)12-10-5-3-4-6-11(10)14/h8-14H,3-7H2,1-2H3. The molecule has 14 heavy (non-hydrogen) atoms. The monoisotopic (exact) mass is 201 g/mol. The van der Waals surface area contributed by atoms with Crippen molar-refractivity contribution >= 4 is 0 Å². The molecule has 1 rings (SSSR count). The Bertz CT molecular complexity index is 163. The average Bonchev–Trinajstić information content (AvgIpc) is 2.20. The molecular formula is C11H23NO2. The molecule has 0 aromatic carbocycles. The molecule has 1 aliphatic carbocycles. The zero-order valence-corrected chi connectivity index (χ0v) is 9.24. The fraction of sp³-hybridized carbons (Fsp3) is 1.00. The van der Waals surface area contributed by atoms with E-state index >= 15 is 0 Å². The SMILES string of the molecule is CC(CO)C(C)NC1CCCCC1O. The van der Waals surface area contributed by atoms with Crippen LogP contribution in [-0.2, 0) is 0 Å². The van der Waals surface area contributed by atoms with Crippen molar-refractivity contribution in [2.24, 2.45) is 5.92 Å². The van der Waals surface area contributed by atoms with Crippen molar-refractivity contribution in [3.05, 3.63) is 0 Å². The van der Waals surface area contributed by atoms with E-state index in [1.54, 1.807) is 0 Å². The van der Waals surface area contributed by atoms with Gasteiger partial charge in [-0.3, -0.25) is 0 Å². The highest BCUT2D eigenvalue weighted by atomic mass is 16.3. The van der Waals surface area contributed by atoms with Crippen molar-refractivity contribution in [2.45, 2.75) is 57.7 Å². The molecule has 3 N–H and O–H groups in total. The summed E-state index contributed by atoms with van der Waals surface area (Å²) in [5.41, 5.74) is 0. The van der Waals surface area contributed by atoms with Crippen LogP contribution in [-0.4, -0.2) is 35.0 Å². The van der Waals surface area contributed by atoms with Gasteiger partial charge in [-0.25, -0.2) is 0 Å². The van der Waals surface area contributed by atoms with Gasteiger partial charge in [0, 0.05) is 18.7 Å². The fourth-order valence-corrected chi connectivity index (χ4v) is 1.97. The van der Waals surface area contributed by atoms with Crippen LogP contribution in [0.2, 0.25) is 0 Å². The molecule has 0 amide bonds. The van der Waals surface area contributed by atoms with Gasteiger partial charge in [-0.1, -0.05) is 19.8 Å². The van der Waals surface area contributed by atoms with Gasteiger partial charge in [0.15, 0.2) is 0 Å². The molecule has 0 spiro atoms. The maximum Gasteiger partial charge on any atom is 0.0693 e. The van der Waals surface area contributed by atoms with Crippen molar-refractivity contribution in [1.82, 2.24) is 5.32 Å². The third-order valence-electron chi connectivity index (χ3n) is 3.35. The highest BCUT2D eigenvalue weighted by Gasteiger charge is 2.25. The summed E-state index contributed by atoms with van der Waals surface area (Å²) in [5, 5.41) is 22.2. The molecule has 0 radical (unpaired) electrons. The second-order valence-corrected chi connectivity index (χ2v) is 4.57.